The lowest BCUT2D eigenvalue weighted by Crippen LogP contribution is -2.29. The first-order valence-electron chi connectivity index (χ1n) is 11.4. The highest BCUT2D eigenvalue weighted by atomic mass is 16.6. The van der Waals surface area contributed by atoms with Crippen LogP contribution in [0.1, 0.15) is 37.1 Å². The van der Waals surface area contributed by atoms with Crippen molar-refractivity contribution < 1.29 is 15.1 Å². The maximum atomic E-state index is 10.9. The molecule has 8 heteroatoms. The van der Waals surface area contributed by atoms with Gasteiger partial charge in [0.1, 0.15) is 18.1 Å². The van der Waals surface area contributed by atoms with Crippen LogP contribution in [0.4, 0.5) is 5.82 Å². The molecule has 3 aromatic heterocycles. The fourth-order valence-electron chi connectivity index (χ4n) is 4.99. The van der Waals surface area contributed by atoms with Crippen LogP contribution in [0.3, 0.4) is 0 Å². The lowest BCUT2D eigenvalue weighted by molar-refractivity contribution is 0.00545. The Hall–Kier alpha value is -3.07. The summed E-state index contributed by atoms with van der Waals surface area (Å²) in [5.41, 5.74) is 6.76. The number of nitrogens with one attached hydrogen (secondary N) is 1. The lowest BCUT2D eigenvalue weighted by Gasteiger charge is -2.19. The summed E-state index contributed by atoms with van der Waals surface area (Å²) in [5.74, 6) is 0.563. The van der Waals surface area contributed by atoms with Crippen molar-refractivity contribution in [2.24, 2.45) is 5.92 Å². The van der Waals surface area contributed by atoms with Gasteiger partial charge in [0.05, 0.1) is 30.2 Å². The van der Waals surface area contributed by atoms with Crippen molar-refractivity contribution in [3.8, 4) is 0 Å². The summed E-state index contributed by atoms with van der Waals surface area (Å²) < 4.78 is 1.94. The third-order valence-electron chi connectivity index (χ3n) is 6.82. The van der Waals surface area contributed by atoms with E-state index < -0.39 is 12.2 Å². The molecule has 3 heterocycles. The molecule has 0 bridgehead atoms. The van der Waals surface area contributed by atoms with Gasteiger partial charge in [-0.25, -0.2) is 15.4 Å². The minimum Gasteiger partial charge on any atom is -0.390 e. The second kappa shape index (κ2) is 9.05. The SMILES string of the molecule is CCc1ccc2ccc(CC[C@H]3C[C@@H](n4ccc5c(NOC)ncnc54)[C@H](O)[C@@H]3O)cc2n1. The Morgan fingerprint density at radius 3 is 2.79 bits per heavy atom. The van der Waals surface area contributed by atoms with E-state index in [4.69, 9.17) is 9.82 Å². The minimum atomic E-state index is -0.857. The first kappa shape index (κ1) is 21.8. The molecule has 0 unspecified atom stereocenters. The molecule has 4 aromatic rings. The predicted molar refractivity (Wildman–Crippen MR) is 127 cm³/mol. The normalized spacial score (nSPS) is 22.9. The molecule has 1 aliphatic rings. The van der Waals surface area contributed by atoms with Gasteiger partial charge >= 0.3 is 0 Å². The second-order valence-corrected chi connectivity index (χ2v) is 8.75. The standard InChI is InChI=1S/C25H29N5O3/c1-3-18-9-8-16-6-4-15(12-20(16)28-18)5-7-17-13-21(23(32)22(17)31)30-11-10-19-24(29-33-2)26-14-27-25(19)30/h4,6,8-12,14,17,21-23,31-32H,3,5,7,13H2,1-2H3,(H,26,27,29)/t17-,21+,22+,23-/m0/s1. The molecule has 0 amide bonds. The zero-order valence-electron chi connectivity index (χ0n) is 18.8. The van der Waals surface area contributed by atoms with E-state index in [1.807, 2.05) is 16.8 Å². The highest BCUT2D eigenvalue weighted by molar-refractivity contribution is 5.87. The maximum Gasteiger partial charge on any atom is 0.162 e. The number of aliphatic hydroxyl groups is 2. The third-order valence-corrected chi connectivity index (χ3v) is 6.82. The van der Waals surface area contributed by atoms with Crippen LogP contribution >= 0.6 is 0 Å². The molecule has 4 atom stereocenters. The molecule has 8 nitrogen and oxygen atoms in total. The molecule has 3 N–H and O–H groups in total. The number of rotatable bonds is 7. The molecule has 1 fully saturated rings. The zero-order chi connectivity index (χ0) is 22.9. The molecule has 0 spiro atoms. The van der Waals surface area contributed by atoms with Gasteiger partial charge in [-0.2, -0.15) is 0 Å². The molecule has 1 aliphatic carbocycles. The van der Waals surface area contributed by atoms with E-state index in [9.17, 15) is 10.2 Å². The van der Waals surface area contributed by atoms with Gasteiger partial charge in [0.25, 0.3) is 0 Å². The van der Waals surface area contributed by atoms with Crippen molar-refractivity contribution in [1.82, 2.24) is 19.5 Å². The number of aromatic nitrogens is 4. The van der Waals surface area contributed by atoms with Gasteiger partial charge in [0.15, 0.2) is 5.82 Å². The van der Waals surface area contributed by atoms with Gasteiger partial charge in [-0.3, -0.25) is 9.82 Å². The molecule has 0 radical (unpaired) electrons. The van der Waals surface area contributed by atoms with Crippen molar-refractivity contribution in [2.75, 3.05) is 12.6 Å². The molecular formula is C25H29N5O3. The zero-order valence-corrected chi connectivity index (χ0v) is 18.8. The van der Waals surface area contributed by atoms with Crippen LogP contribution in [-0.4, -0.2) is 49.0 Å². The molecule has 1 aromatic carbocycles. The van der Waals surface area contributed by atoms with Gasteiger partial charge in [-0.05, 0) is 55.4 Å². The fraction of sp³-hybridized carbons (Fsp3) is 0.400. The Morgan fingerprint density at radius 2 is 1.97 bits per heavy atom. The summed E-state index contributed by atoms with van der Waals surface area (Å²) in [6.07, 6.45) is 4.92. The molecule has 0 saturated heterocycles. The van der Waals surface area contributed by atoms with Gasteiger partial charge < -0.3 is 14.8 Å². The van der Waals surface area contributed by atoms with Crippen LogP contribution in [0.5, 0.6) is 0 Å². The van der Waals surface area contributed by atoms with Crippen molar-refractivity contribution in [3.63, 3.8) is 0 Å². The third kappa shape index (κ3) is 4.06. The summed E-state index contributed by atoms with van der Waals surface area (Å²) in [6, 6.07) is 12.2. The molecule has 1 saturated carbocycles. The van der Waals surface area contributed by atoms with Gasteiger partial charge in [0, 0.05) is 17.3 Å². The minimum absolute atomic E-state index is 0.00788. The fourth-order valence-corrected chi connectivity index (χ4v) is 4.99. The van der Waals surface area contributed by atoms with E-state index in [1.54, 1.807) is 0 Å². The Bertz CT molecular complexity index is 1270. The summed E-state index contributed by atoms with van der Waals surface area (Å²) in [6.45, 7) is 2.11. The van der Waals surface area contributed by atoms with E-state index in [2.05, 4.69) is 52.7 Å². The van der Waals surface area contributed by atoms with E-state index in [-0.39, 0.29) is 12.0 Å². The topological polar surface area (TPSA) is 105 Å². The van der Waals surface area contributed by atoms with Crippen molar-refractivity contribution >= 4 is 27.8 Å². The van der Waals surface area contributed by atoms with Crippen LogP contribution in [-0.2, 0) is 17.7 Å². The maximum absolute atomic E-state index is 10.9. The number of pyridine rings is 1. The number of aliphatic hydroxyl groups excluding tert-OH is 2. The predicted octanol–water partition coefficient (Wildman–Crippen LogP) is 3.43. The highest BCUT2D eigenvalue weighted by Gasteiger charge is 2.42. The summed E-state index contributed by atoms with van der Waals surface area (Å²) in [5, 5.41) is 23.6. The molecular weight excluding hydrogens is 418 g/mol. The Morgan fingerprint density at radius 1 is 1.12 bits per heavy atom. The summed E-state index contributed by atoms with van der Waals surface area (Å²) >= 11 is 0. The van der Waals surface area contributed by atoms with Crippen molar-refractivity contribution in [3.05, 3.63) is 60.2 Å². The van der Waals surface area contributed by atoms with Gasteiger partial charge in [-0.1, -0.05) is 25.1 Å². The highest BCUT2D eigenvalue weighted by Crippen LogP contribution is 2.39. The Balaban J connectivity index is 1.33. The quantitative estimate of drug-likeness (QED) is 0.373. The largest absolute Gasteiger partial charge is 0.390 e. The smallest absolute Gasteiger partial charge is 0.162 e. The molecule has 172 valence electrons. The van der Waals surface area contributed by atoms with E-state index in [0.29, 0.717) is 17.9 Å². The number of nitrogens with zero attached hydrogens (tertiary/aromatic N) is 4. The van der Waals surface area contributed by atoms with Crippen molar-refractivity contribution in [2.45, 2.75) is 50.9 Å². The van der Waals surface area contributed by atoms with E-state index >= 15 is 0 Å². The number of fused-ring (bicyclic) bond motifs is 2. The average Bonchev–Trinajstić information content (AvgIpc) is 3.39. The second-order valence-electron chi connectivity index (χ2n) is 8.75. The van der Waals surface area contributed by atoms with Crippen molar-refractivity contribution in [1.29, 1.82) is 0 Å². The van der Waals surface area contributed by atoms with E-state index in [1.165, 1.54) is 19.0 Å². The Labute approximate surface area is 192 Å². The van der Waals surface area contributed by atoms with E-state index in [0.717, 1.165) is 41.2 Å². The summed E-state index contributed by atoms with van der Waals surface area (Å²) in [7, 11) is 1.53. The monoisotopic (exact) mass is 447 g/mol. The summed E-state index contributed by atoms with van der Waals surface area (Å²) in [4.78, 5) is 18.3. The molecule has 0 aliphatic heterocycles. The van der Waals surface area contributed by atoms with Gasteiger partial charge in [0.2, 0.25) is 0 Å². The molecule has 33 heavy (non-hydrogen) atoms. The van der Waals surface area contributed by atoms with Gasteiger partial charge in [-0.15, -0.1) is 0 Å². The van der Waals surface area contributed by atoms with Crippen LogP contribution in [0.25, 0.3) is 21.9 Å². The van der Waals surface area contributed by atoms with Crippen LogP contribution < -0.4 is 5.48 Å². The number of hydrogen-bond acceptors (Lipinski definition) is 7. The lowest BCUT2D eigenvalue weighted by atomic mass is 9.95. The number of benzene rings is 1. The number of hydrogen-bond donors (Lipinski definition) is 3. The molecule has 5 rings (SSSR count). The van der Waals surface area contributed by atoms with Crippen LogP contribution in [0.2, 0.25) is 0 Å². The first-order chi connectivity index (χ1) is 16.1. The number of anilines is 1. The first-order valence-corrected chi connectivity index (χ1v) is 11.4. The number of aryl methyl sites for hydroxylation is 2. The van der Waals surface area contributed by atoms with Crippen LogP contribution in [0.15, 0.2) is 48.9 Å². The average molecular weight is 448 g/mol. The Kier molecular flexibility index (Phi) is 5.97. The van der Waals surface area contributed by atoms with Crippen LogP contribution in [0, 0.1) is 5.92 Å².